The summed E-state index contributed by atoms with van der Waals surface area (Å²) in [5.41, 5.74) is -0.835. The average Bonchev–Trinajstić information content (AvgIpc) is 2.65. The fourth-order valence-electron chi connectivity index (χ4n) is 2.98. The molecule has 1 unspecified atom stereocenters. The van der Waals surface area contributed by atoms with E-state index >= 15 is 0 Å². The fraction of sp³-hybridized carbons (Fsp3) is 0.875. The van der Waals surface area contributed by atoms with E-state index in [-0.39, 0.29) is 18.4 Å². The lowest BCUT2D eigenvalue weighted by molar-refractivity contribution is -0.153. The van der Waals surface area contributed by atoms with E-state index in [0.717, 1.165) is 43.6 Å². The Morgan fingerprint density at radius 3 is 2.38 bits per heavy atom. The Morgan fingerprint density at radius 1 is 1.24 bits per heavy atom. The molecule has 1 amide bonds. The number of carbonyl (C=O) groups excluding carboxylic acids is 1. The van der Waals surface area contributed by atoms with E-state index in [2.05, 4.69) is 12.2 Å². The van der Waals surface area contributed by atoms with Gasteiger partial charge >= 0.3 is 5.97 Å². The van der Waals surface area contributed by atoms with Crippen LogP contribution in [-0.4, -0.2) is 34.5 Å². The summed E-state index contributed by atoms with van der Waals surface area (Å²) in [6, 6.07) is 0.119. The quantitative estimate of drug-likeness (QED) is 0.532. The van der Waals surface area contributed by atoms with E-state index in [1.54, 1.807) is 0 Å². The largest absolute Gasteiger partial charge is 0.481 e. The molecule has 1 fully saturated rings. The van der Waals surface area contributed by atoms with Gasteiger partial charge in [-0.2, -0.15) is 11.8 Å². The Balaban J connectivity index is 2.50. The molecule has 21 heavy (non-hydrogen) atoms. The summed E-state index contributed by atoms with van der Waals surface area (Å²) in [5, 5.41) is 12.6. The third-order valence-electron chi connectivity index (χ3n) is 4.32. The first kappa shape index (κ1) is 18.3. The summed E-state index contributed by atoms with van der Waals surface area (Å²) in [6.45, 7) is 4.12. The number of hydrogen-bond donors (Lipinski definition) is 2. The lowest BCUT2D eigenvalue weighted by atomic mass is 9.77. The van der Waals surface area contributed by atoms with Crippen molar-refractivity contribution in [2.75, 3.05) is 11.5 Å². The van der Waals surface area contributed by atoms with Gasteiger partial charge in [0.2, 0.25) is 5.91 Å². The number of rotatable bonds is 8. The number of thioether (sulfide) groups is 1. The molecule has 0 saturated heterocycles. The molecular weight excluding hydrogens is 286 g/mol. The van der Waals surface area contributed by atoms with Crippen molar-refractivity contribution in [3.8, 4) is 0 Å². The summed E-state index contributed by atoms with van der Waals surface area (Å²) in [5.74, 6) is 1.21. The maximum Gasteiger partial charge on any atom is 0.310 e. The fourth-order valence-corrected chi connectivity index (χ4v) is 3.79. The summed E-state index contributed by atoms with van der Waals surface area (Å²) in [7, 11) is 0. The second-order valence-electron chi connectivity index (χ2n) is 6.13. The predicted molar refractivity (Wildman–Crippen MR) is 87.6 cm³/mol. The summed E-state index contributed by atoms with van der Waals surface area (Å²) >= 11 is 1.86. The highest BCUT2D eigenvalue weighted by Crippen LogP contribution is 2.38. The third kappa shape index (κ3) is 6.29. The van der Waals surface area contributed by atoms with Gasteiger partial charge in [-0.15, -0.1) is 0 Å². The maximum absolute atomic E-state index is 12.2. The maximum atomic E-state index is 12.2. The zero-order valence-electron chi connectivity index (χ0n) is 13.3. The van der Waals surface area contributed by atoms with E-state index in [0.29, 0.717) is 12.8 Å². The van der Waals surface area contributed by atoms with Crippen LogP contribution in [0.25, 0.3) is 0 Å². The molecule has 0 aromatic rings. The van der Waals surface area contributed by atoms with Gasteiger partial charge < -0.3 is 10.4 Å². The first-order valence-electron chi connectivity index (χ1n) is 8.10. The van der Waals surface area contributed by atoms with Crippen LogP contribution in [0.2, 0.25) is 0 Å². The molecular formula is C16H29NO3S. The number of carboxylic acid groups (broad SMARTS) is 1. The number of hydrogen-bond acceptors (Lipinski definition) is 3. The normalized spacial score (nSPS) is 19.5. The molecule has 1 aliphatic rings. The van der Waals surface area contributed by atoms with Crippen LogP contribution >= 0.6 is 11.8 Å². The SMILES string of the molecule is CCSCCC(C)NC(=O)CC1(C(=O)O)CCCCCC1. The molecule has 0 aromatic carbocycles. The van der Waals surface area contributed by atoms with Crippen LogP contribution in [-0.2, 0) is 9.59 Å². The van der Waals surface area contributed by atoms with E-state index in [1.807, 2.05) is 18.7 Å². The molecule has 0 radical (unpaired) electrons. The van der Waals surface area contributed by atoms with Crippen molar-refractivity contribution in [1.29, 1.82) is 0 Å². The van der Waals surface area contributed by atoms with Crippen molar-refractivity contribution in [2.24, 2.45) is 5.41 Å². The van der Waals surface area contributed by atoms with Gasteiger partial charge in [0.15, 0.2) is 0 Å². The molecule has 1 atom stereocenters. The molecule has 0 bridgehead atoms. The second kappa shape index (κ2) is 9.34. The van der Waals surface area contributed by atoms with Crippen LogP contribution in [0.15, 0.2) is 0 Å². The molecule has 1 saturated carbocycles. The van der Waals surface area contributed by atoms with E-state index in [4.69, 9.17) is 0 Å². The average molecular weight is 315 g/mol. The molecule has 0 aromatic heterocycles. The van der Waals surface area contributed by atoms with Gasteiger partial charge in [0.1, 0.15) is 0 Å². The number of carboxylic acids is 1. The van der Waals surface area contributed by atoms with Crippen LogP contribution in [0.4, 0.5) is 0 Å². The number of carbonyl (C=O) groups is 2. The van der Waals surface area contributed by atoms with Gasteiger partial charge in [-0.1, -0.05) is 32.6 Å². The van der Waals surface area contributed by atoms with Gasteiger partial charge in [0, 0.05) is 12.5 Å². The third-order valence-corrected chi connectivity index (χ3v) is 5.25. The second-order valence-corrected chi connectivity index (χ2v) is 7.52. The van der Waals surface area contributed by atoms with Crippen molar-refractivity contribution in [3.63, 3.8) is 0 Å². The van der Waals surface area contributed by atoms with E-state index in [9.17, 15) is 14.7 Å². The molecule has 1 rings (SSSR count). The lowest BCUT2D eigenvalue weighted by Crippen LogP contribution is -2.40. The predicted octanol–water partition coefficient (Wildman–Crippen LogP) is 3.45. The molecule has 0 spiro atoms. The zero-order valence-corrected chi connectivity index (χ0v) is 14.1. The highest BCUT2D eigenvalue weighted by Gasteiger charge is 2.40. The minimum absolute atomic E-state index is 0.103. The highest BCUT2D eigenvalue weighted by atomic mass is 32.2. The van der Waals surface area contributed by atoms with Crippen molar-refractivity contribution < 1.29 is 14.7 Å². The standard InChI is InChI=1S/C16H29NO3S/c1-3-21-11-8-13(2)17-14(18)12-16(15(19)20)9-6-4-5-7-10-16/h13H,3-12H2,1-2H3,(H,17,18)(H,19,20). The van der Waals surface area contributed by atoms with Gasteiger partial charge in [-0.3, -0.25) is 9.59 Å². The van der Waals surface area contributed by atoms with Crippen molar-refractivity contribution >= 4 is 23.6 Å². The van der Waals surface area contributed by atoms with Crippen LogP contribution in [0, 0.1) is 5.41 Å². The molecule has 4 nitrogen and oxygen atoms in total. The van der Waals surface area contributed by atoms with Gasteiger partial charge in [0.05, 0.1) is 5.41 Å². The summed E-state index contributed by atoms with van der Waals surface area (Å²) in [4.78, 5) is 23.9. The Bertz CT molecular complexity index is 338. The summed E-state index contributed by atoms with van der Waals surface area (Å²) < 4.78 is 0. The molecule has 122 valence electrons. The number of amides is 1. The Kier molecular flexibility index (Phi) is 8.15. The monoisotopic (exact) mass is 315 g/mol. The van der Waals surface area contributed by atoms with Crippen LogP contribution in [0.1, 0.15) is 65.2 Å². The Morgan fingerprint density at radius 2 is 1.86 bits per heavy atom. The smallest absolute Gasteiger partial charge is 0.310 e. The van der Waals surface area contributed by atoms with Crippen molar-refractivity contribution in [1.82, 2.24) is 5.32 Å². The van der Waals surface area contributed by atoms with Crippen molar-refractivity contribution in [2.45, 2.75) is 71.3 Å². The zero-order chi connectivity index (χ0) is 15.7. The highest BCUT2D eigenvalue weighted by molar-refractivity contribution is 7.99. The molecule has 1 aliphatic carbocycles. The van der Waals surface area contributed by atoms with Crippen LogP contribution in [0.5, 0.6) is 0 Å². The van der Waals surface area contributed by atoms with Crippen LogP contribution < -0.4 is 5.32 Å². The van der Waals surface area contributed by atoms with Crippen molar-refractivity contribution in [3.05, 3.63) is 0 Å². The van der Waals surface area contributed by atoms with Gasteiger partial charge in [0.25, 0.3) is 0 Å². The van der Waals surface area contributed by atoms with E-state index in [1.165, 1.54) is 0 Å². The van der Waals surface area contributed by atoms with Gasteiger partial charge in [-0.25, -0.2) is 0 Å². The first-order chi connectivity index (χ1) is 10.00. The number of nitrogens with one attached hydrogen (secondary N) is 1. The first-order valence-corrected chi connectivity index (χ1v) is 9.26. The molecule has 0 aliphatic heterocycles. The topological polar surface area (TPSA) is 66.4 Å². The lowest BCUT2D eigenvalue weighted by Gasteiger charge is -2.28. The molecule has 5 heteroatoms. The number of aliphatic carboxylic acids is 1. The Hall–Kier alpha value is -0.710. The minimum atomic E-state index is -0.835. The van der Waals surface area contributed by atoms with Crippen LogP contribution in [0.3, 0.4) is 0 Å². The minimum Gasteiger partial charge on any atom is -0.481 e. The van der Waals surface area contributed by atoms with Gasteiger partial charge in [-0.05, 0) is 37.7 Å². The molecule has 2 N–H and O–H groups in total. The van der Waals surface area contributed by atoms with E-state index < -0.39 is 11.4 Å². The summed E-state index contributed by atoms with van der Waals surface area (Å²) in [6.07, 6.45) is 6.34. The molecule has 0 heterocycles. The Labute approximate surface area is 132 Å².